The van der Waals surface area contributed by atoms with Crippen LogP contribution in [0.1, 0.15) is 20.8 Å². The Morgan fingerprint density at radius 1 is 1.15 bits per heavy atom. The number of hydrogen-bond donors (Lipinski definition) is 1. The third-order valence-corrected chi connectivity index (χ3v) is 2.97. The van der Waals surface area contributed by atoms with Gasteiger partial charge in [-0.2, -0.15) is 0 Å². The number of hydrogen-bond acceptors (Lipinski definition) is 3. The number of aromatic nitrogens is 3. The molecule has 0 bridgehead atoms. The first-order valence-electron chi connectivity index (χ1n) is 6.69. The van der Waals surface area contributed by atoms with E-state index in [0.29, 0.717) is 0 Å². The zero-order chi connectivity index (χ0) is 14.2. The SMILES string of the molecule is CC(C)(C)Nc1cnc2c(ccn2-c2cccnc2)c1. The molecule has 0 aliphatic carbocycles. The number of pyridine rings is 2. The highest BCUT2D eigenvalue weighted by atomic mass is 15.0. The van der Waals surface area contributed by atoms with Crippen LogP contribution in [0.25, 0.3) is 16.7 Å². The van der Waals surface area contributed by atoms with Crippen LogP contribution in [0.15, 0.2) is 49.1 Å². The smallest absolute Gasteiger partial charge is 0.144 e. The Bertz CT molecular complexity index is 723. The van der Waals surface area contributed by atoms with E-state index in [1.54, 1.807) is 6.20 Å². The fourth-order valence-corrected chi connectivity index (χ4v) is 2.23. The number of nitrogens with zero attached hydrogens (tertiary/aromatic N) is 3. The van der Waals surface area contributed by atoms with Gasteiger partial charge < -0.3 is 5.32 Å². The minimum absolute atomic E-state index is 0.0290. The molecule has 0 aliphatic heterocycles. The molecule has 0 spiro atoms. The molecule has 1 N–H and O–H groups in total. The predicted molar refractivity (Wildman–Crippen MR) is 82.2 cm³/mol. The van der Waals surface area contributed by atoms with E-state index in [-0.39, 0.29) is 5.54 Å². The van der Waals surface area contributed by atoms with Gasteiger partial charge in [-0.15, -0.1) is 0 Å². The summed E-state index contributed by atoms with van der Waals surface area (Å²) in [5.74, 6) is 0. The molecule has 0 fully saturated rings. The lowest BCUT2D eigenvalue weighted by molar-refractivity contribution is 0.634. The first kappa shape index (κ1) is 12.7. The summed E-state index contributed by atoms with van der Waals surface area (Å²) in [7, 11) is 0. The zero-order valence-corrected chi connectivity index (χ0v) is 12.0. The molecular formula is C16H18N4. The minimum atomic E-state index is 0.0290. The molecule has 4 heteroatoms. The van der Waals surface area contributed by atoms with Crippen LogP contribution in [0.3, 0.4) is 0 Å². The molecule has 0 saturated heterocycles. The van der Waals surface area contributed by atoms with Crippen molar-refractivity contribution in [3.63, 3.8) is 0 Å². The molecule has 4 nitrogen and oxygen atoms in total. The predicted octanol–water partition coefficient (Wildman–Crippen LogP) is 3.63. The molecule has 0 saturated carbocycles. The third-order valence-electron chi connectivity index (χ3n) is 2.97. The number of anilines is 1. The van der Waals surface area contributed by atoms with Crippen LogP contribution < -0.4 is 5.32 Å². The Labute approximate surface area is 118 Å². The van der Waals surface area contributed by atoms with Crippen molar-refractivity contribution in [2.45, 2.75) is 26.3 Å². The van der Waals surface area contributed by atoms with Crippen LogP contribution in [0, 0.1) is 0 Å². The number of nitrogens with one attached hydrogen (secondary N) is 1. The molecule has 20 heavy (non-hydrogen) atoms. The average Bonchev–Trinajstić information content (AvgIpc) is 2.81. The molecule has 0 aromatic carbocycles. The maximum absolute atomic E-state index is 4.57. The fourth-order valence-electron chi connectivity index (χ4n) is 2.23. The van der Waals surface area contributed by atoms with Gasteiger partial charge in [-0.05, 0) is 45.0 Å². The standard InChI is InChI=1S/C16H18N4/c1-16(2,3)19-13-9-12-6-8-20(15(12)18-10-13)14-5-4-7-17-11-14/h4-11,19H,1-3H3. The quantitative estimate of drug-likeness (QED) is 0.770. The van der Waals surface area contributed by atoms with E-state index >= 15 is 0 Å². The van der Waals surface area contributed by atoms with Gasteiger partial charge in [0.2, 0.25) is 0 Å². The van der Waals surface area contributed by atoms with Crippen molar-refractivity contribution in [3.05, 3.63) is 49.1 Å². The maximum atomic E-state index is 4.57. The van der Waals surface area contributed by atoms with Crippen molar-refractivity contribution < 1.29 is 0 Å². The van der Waals surface area contributed by atoms with E-state index in [9.17, 15) is 0 Å². The van der Waals surface area contributed by atoms with E-state index in [4.69, 9.17) is 0 Å². The van der Waals surface area contributed by atoms with Crippen molar-refractivity contribution in [2.24, 2.45) is 0 Å². The lowest BCUT2D eigenvalue weighted by atomic mass is 10.1. The number of rotatable bonds is 2. The van der Waals surface area contributed by atoms with Crippen LogP contribution in [0.2, 0.25) is 0 Å². The van der Waals surface area contributed by atoms with Gasteiger partial charge in [-0.1, -0.05) is 0 Å². The van der Waals surface area contributed by atoms with Gasteiger partial charge >= 0.3 is 0 Å². The minimum Gasteiger partial charge on any atom is -0.379 e. The van der Waals surface area contributed by atoms with Crippen LogP contribution in [0.5, 0.6) is 0 Å². The maximum Gasteiger partial charge on any atom is 0.144 e. The molecule has 3 aromatic heterocycles. The van der Waals surface area contributed by atoms with Crippen molar-refractivity contribution in [3.8, 4) is 5.69 Å². The van der Waals surface area contributed by atoms with Gasteiger partial charge in [-0.25, -0.2) is 4.98 Å². The summed E-state index contributed by atoms with van der Waals surface area (Å²) in [5, 5.41) is 4.55. The summed E-state index contributed by atoms with van der Waals surface area (Å²) < 4.78 is 2.04. The van der Waals surface area contributed by atoms with Gasteiger partial charge in [0.1, 0.15) is 5.65 Å². The Balaban J connectivity index is 2.03. The molecule has 3 rings (SSSR count). The highest BCUT2D eigenvalue weighted by Crippen LogP contribution is 2.22. The van der Waals surface area contributed by atoms with E-state index in [1.165, 1.54) is 0 Å². The largest absolute Gasteiger partial charge is 0.379 e. The highest BCUT2D eigenvalue weighted by Gasteiger charge is 2.11. The molecule has 0 unspecified atom stereocenters. The summed E-state index contributed by atoms with van der Waals surface area (Å²) in [6.45, 7) is 6.41. The molecular weight excluding hydrogens is 248 g/mol. The lowest BCUT2D eigenvalue weighted by Gasteiger charge is -2.21. The van der Waals surface area contributed by atoms with E-state index in [0.717, 1.165) is 22.4 Å². The molecule has 3 aromatic rings. The van der Waals surface area contributed by atoms with Crippen LogP contribution in [-0.2, 0) is 0 Å². The summed E-state index contributed by atoms with van der Waals surface area (Å²) in [4.78, 5) is 8.73. The van der Waals surface area contributed by atoms with Gasteiger partial charge in [-0.3, -0.25) is 9.55 Å². The summed E-state index contributed by atoms with van der Waals surface area (Å²) in [5.41, 5.74) is 3.03. The van der Waals surface area contributed by atoms with Gasteiger partial charge in [0.15, 0.2) is 0 Å². The summed E-state index contributed by atoms with van der Waals surface area (Å²) in [6.07, 6.45) is 7.51. The molecule has 3 heterocycles. The molecule has 0 atom stereocenters. The Hall–Kier alpha value is -2.36. The Morgan fingerprint density at radius 3 is 2.70 bits per heavy atom. The van der Waals surface area contributed by atoms with Crippen molar-refractivity contribution in [2.75, 3.05) is 5.32 Å². The van der Waals surface area contributed by atoms with Crippen molar-refractivity contribution >= 4 is 16.7 Å². The van der Waals surface area contributed by atoms with E-state index < -0.39 is 0 Å². The monoisotopic (exact) mass is 266 g/mol. The van der Waals surface area contributed by atoms with Crippen LogP contribution >= 0.6 is 0 Å². The first-order chi connectivity index (χ1) is 9.53. The fraction of sp³-hybridized carbons (Fsp3) is 0.250. The topological polar surface area (TPSA) is 42.7 Å². The van der Waals surface area contributed by atoms with Crippen LogP contribution in [-0.4, -0.2) is 20.1 Å². The van der Waals surface area contributed by atoms with Crippen molar-refractivity contribution in [1.82, 2.24) is 14.5 Å². The van der Waals surface area contributed by atoms with E-state index in [2.05, 4.69) is 48.2 Å². The second kappa shape index (κ2) is 4.63. The Kier molecular flexibility index (Phi) is 2.93. The first-order valence-corrected chi connectivity index (χ1v) is 6.69. The normalized spacial score (nSPS) is 11.8. The van der Waals surface area contributed by atoms with E-state index in [1.807, 2.05) is 35.3 Å². The molecule has 0 radical (unpaired) electrons. The highest BCUT2D eigenvalue weighted by molar-refractivity contribution is 5.81. The van der Waals surface area contributed by atoms with Gasteiger partial charge in [0.25, 0.3) is 0 Å². The van der Waals surface area contributed by atoms with Crippen molar-refractivity contribution in [1.29, 1.82) is 0 Å². The lowest BCUT2D eigenvalue weighted by Crippen LogP contribution is -2.26. The third kappa shape index (κ3) is 2.50. The van der Waals surface area contributed by atoms with Crippen LogP contribution in [0.4, 0.5) is 5.69 Å². The van der Waals surface area contributed by atoms with Gasteiger partial charge in [0, 0.05) is 23.3 Å². The molecule has 0 amide bonds. The van der Waals surface area contributed by atoms with Gasteiger partial charge in [0.05, 0.1) is 23.8 Å². The molecule has 102 valence electrons. The second-order valence-electron chi connectivity index (χ2n) is 5.91. The zero-order valence-electron chi connectivity index (χ0n) is 12.0. The second-order valence-corrected chi connectivity index (χ2v) is 5.91. The summed E-state index contributed by atoms with van der Waals surface area (Å²) >= 11 is 0. The molecule has 0 aliphatic rings. The number of fused-ring (bicyclic) bond motifs is 1. The Morgan fingerprint density at radius 2 is 2.00 bits per heavy atom. The average molecular weight is 266 g/mol. The summed E-state index contributed by atoms with van der Waals surface area (Å²) in [6, 6.07) is 8.15.